The summed E-state index contributed by atoms with van der Waals surface area (Å²) < 4.78 is 23.1. The van der Waals surface area contributed by atoms with Crippen LogP contribution in [0.5, 0.6) is 5.75 Å². The fraction of sp³-hybridized carbons (Fsp3) is 0.444. The molecule has 1 aromatic heterocycles. The van der Waals surface area contributed by atoms with Crippen LogP contribution in [-0.4, -0.2) is 45.2 Å². The van der Waals surface area contributed by atoms with Crippen molar-refractivity contribution >= 4 is 44.0 Å². The normalized spacial score (nSPS) is 15.9. The Kier molecular flexibility index (Phi) is 10.3. The van der Waals surface area contributed by atoms with Gasteiger partial charge in [0.1, 0.15) is 26.1 Å². The van der Waals surface area contributed by atoms with Crippen LogP contribution in [0.2, 0.25) is 6.82 Å². The summed E-state index contributed by atoms with van der Waals surface area (Å²) in [4.78, 5) is 13.9. The molecule has 0 amide bonds. The minimum Gasteiger partial charge on any atom is -0.446 e. The van der Waals surface area contributed by atoms with Gasteiger partial charge in [0.2, 0.25) is 0 Å². The molecule has 0 aliphatic carbocycles. The maximum absolute atomic E-state index is 11.4. The summed E-state index contributed by atoms with van der Waals surface area (Å²) in [6.07, 6.45) is 2.21. The van der Waals surface area contributed by atoms with Crippen LogP contribution in [0, 0.1) is 18.5 Å². The summed E-state index contributed by atoms with van der Waals surface area (Å²) in [6, 6.07) is 5.43. The molecule has 0 saturated heterocycles. The molecule has 30 heavy (non-hydrogen) atoms. The van der Waals surface area contributed by atoms with Gasteiger partial charge in [0.05, 0.1) is 6.61 Å². The first-order chi connectivity index (χ1) is 14.3. The first-order valence-electron chi connectivity index (χ1n) is 9.36. The second kappa shape index (κ2) is 12.5. The Labute approximate surface area is 186 Å². The highest BCUT2D eigenvalue weighted by Crippen LogP contribution is 2.48. The lowest BCUT2D eigenvalue weighted by Crippen LogP contribution is -2.25. The van der Waals surface area contributed by atoms with Crippen molar-refractivity contribution in [2.75, 3.05) is 6.51 Å². The molecule has 5 radical (unpaired) electrons. The molecule has 1 aromatic carbocycles. The van der Waals surface area contributed by atoms with Gasteiger partial charge >= 0.3 is 14.3 Å². The molecule has 7 nitrogen and oxygen atoms in total. The number of nitrogens with zero attached hydrogens (tertiary/aromatic N) is 1. The van der Waals surface area contributed by atoms with Gasteiger partial charge in [-0.15, -0.1) is 0 Å². The number of hydrogen-bond donors (Lipinski definition) is 1. The summed E-state index contributed by atoms with van der Waals surface area (Å²) in [6.45, 7) is 6.98. The first-order valence-corrected chi connectivity index (χ1v) is 10.9. The number of rotatable bonds is 7. The number of aromatic nitrogens is 2. The van der Waals surface area contributed by atoms with Gasteiger partial charge in [0.15, 0.2) is 0 Å². The summed E-state index contributed by atoms with van der Waals surface area (Å²) in [5.74, 6) is 0.881. The maximum Gasteiger partial charge on any atom is 0.396 e. The van der Waals surface area contributed by atoms with Crippen LogP contribution in [0.15, 0.2) is 29.2 Å². The Hall–Kier alpha value is -1.38. The molecule has 2 heterocycles. The van der Waals surface area contributed by atoms with Gasteiger partial charge in [0.25, 0.3) is 7.48 Å². The monoisotopic (exact) mass is 443 g/mol. The Bertz CT molecular complexity index is 943. The summed E-state index contributed by atoms with van der Waals surface area (Å²) in [5.41, 5.74) is 3.17. The predicted octanol–water partition coefficient (Wildman–Crippen LogP) is 3.06. The van der Waals surface area contributed by atoms with E-state index in [1.54, 1.807) is 19.1 Å². The topological polar surface area (TPSA) is 74.7 Å². The molecule has 1 aliphatic rings. The van der Waals surface area contributed by atoms with Crippen molar-refractivity contribution in [3.05, 3.63) is 56.2 Å². The molecule has 0 saturated carbocycles. The molecule has 0 spiro atoms. The largest absolute Gasteiger partial charge is 0.446 e. The van der Waals surface area contributed by atoms with Gasteiger partial charge < -0.3 is 18.3 Å². The Morgan fingerprint density at radius 1 is 1.43 bits per heavy atom. The SMILES string of the molecule is [B]COP1OCc2cc(C)cc(C)c2O1.[B][C@H](CCn1ccc(=S)[nH]c1=O)O[B]C. The van der Waals surface area contributed by atoms with Gasteiger partial charge in [-0.2, -0.15) is 0 Å². The zero-order valence-electron chi connectivity index (χ0n) is 17.3. The van der Waals surface area contributed by atoms with E-state index in [-0.39, 0.29) is 18.2 Å². The fourth-order valence-corrected chi connectivity index (χ4v) is 3.86. The molecule has 12 heteroatoms. The third-order valence-corrected chi connectivity index (χ3v) is 5.30. The average molecular weight is 443 g/mol. The van der Waals surface area contributed by atoms with Crippen molar-refractivity contribution in [1.82, 2.24) is 9.55 Å². The van der Waals surface area contributed by atoms with E-state index in [2.05, 4.69) is 24.0 Å². The number of fused-ring (bicyclic) bond motifs is 1. The molecule has 1 aliphatic heterocycles. The van der Waals surface area contributed by atoms with Crippen molar-refractivity contribution in [3.63, 3.8) is 0 Å². The first kappa shape index (κ1) is 24.9. The number of aromatic amines is 1. The zero-order chi connectivity index (χ0) is 22.1. The van der Waals surface area contributed by atoms with E-state index in [4.69, 9.17) is 46.1 Å². The molecule has 3 rings (SSSR count). The predicted molar refractivity (Wildman–Crippen MR) is 123 cm³/mol. The van der Waals surface area contributed by atoms with E-state index < -0.39 is 8.60 Å². The lowest BCUT2D eigenvalue weighted by Gasteiger charge is -2.25. The van der Waals surface area contributed by atoms with E-state index >= 15 is 0 Å². The van der Waals surface area contributed by atoms with Crippen molar-refractivity contribution in [2.45, 2.75) is 46.2 Å². The van der Waals surface area contributed by atoms with Crippen molar-refractivity contribution in [3.8, 4) is 5.75 Å². The standard InChI is InChI=1S/C10H12BO3P.C8H11B2N2O2S/c1-7-3-8(2)10-9(4-7)5-12-15(14-10)13-6-11;1-10-14-6(9)2-4-12-5-3-7(15)11-8(12)13/h3-4H,5-6H2,1-2H3;3,5-6H,2,4H2,1H3,(H,11,13,15)/t;6-/m.0/s1. The maximum atomic E-state index is 11.4. The van der Waals surface area contributed by atoms with Crippen LogP contribution in [0.3, 0.4) is 0 Å². The van der Waals surface area contributed by atoms with Crippen LogP contribution in [0.4, 0.5) is 0 Å². The van der Waals surface area contributed by atoms with Crippen LogP contribution in [-0.2, 0) is 26.9 Å². The third-order valence-electron chi connectivity index (χ3n) is 4.03. The third kappa shape index (κ3) is 7.71. The van der Waals surface area contributed by atoms with E-state index in [1.807, 2.05) is 6.92 Å². The van der Waals surface area contributed by atoms with Crippen molar-refractivity contribution in [2.24, 2.45) is 0 Å². The van der Waals surface area contributed by atoms with Crippen molar-refractivity contribution < 1.29 is 18.2 Å². The number of H-pyrrole nitrogens is 1. The highest BCUT2D eigenvalue weighted by molar-refractivity contribution is 7.71. The highest BCUT2D eigenvalue weighted by Gasteiger charge is 2.24. The molecule has 0 fully saturated rings. The van der Waals surface area contributed by atoms with E-state index in [1.165, 1.54) is 17.6 Å². The van der Waals surface area contributed by atoms with Gasteiger partial charge in [0, 0.05) is 30.8 Å². The molecule has 155 valence electrons. The Balaban J connectivity index is 0.000000214. The van der Waals surface area contributed by atoms with Gasteiger partial charge in [-0.25, -0.2) is 4.79 Å². The van der Waals surface area contributed by atoms with Crippen LogP contribution in [0.1, 0.15) is 23.1 Å². The van der Waals surface area contributed by atoms with Crippen LogP contribution >= 0.6 is 20.8 Å². The van der Waals surface area contributed by atoms with Crippen LogP contribution in [0.25, 0.3) is 0 Å². The summed E-state index contributed by atoms with van der Waals surface area (Å²) in [5, 5.41) is 0. The average Bonchev–Trinajstić information content (AvgIpc) is 2.69. The quantitative estimate of drug-likeness (QED) is 0.403. The minimum atomic E-state index is -1.31. The van der Waals surface area contributed by atoms with E-state index in [0.29, 0.717) is 24.2 Å². The van der Waals surface area contributed by atoms with Gasteiger partial charge in [-0.1, -0.05) is 36.7 Å². The smallest absolute Gasteiger partial charge is 0.396 e. The van der Waals surface area contributed by atoms with E-state index in [9.17, 15) is 4.79 Å². The molecule has 2 atom stereocenters. The molecule has 2 aromatic rings. The van der Waals surface area contributed by atoms with Crippen LogP contribution < -0.4 is 10.2 Å². The number of aryl methyl sites for hydroxylation is 3. The number of benzene rings is 1. The van der Waals surface area contributed by atoms with Gasteiger partial charge in [-0.3, -0.25) is 9.51 Å². The minimum absolute atomic E-state index is 0.117. The molecule has 0 bridgehead atoms. The van der Waals surface area contributed by atoms with Gasteiger partial charge in [-0.05, 0) is 31.9 Å². The molecular weight excluding hydrogens is 420 g/mol. The Morgan fingerprint density at radius 2 is 2.20 bits per heavy atom. The second-order valence-electron chi connectivity index (χ2n) is 6.46. The molecular formula is C18H23B3N2O5PS. The van der Waals surface area contributed by atoms with E-state index in [0.717, 1.165) is 16.9 Å². The lowest BCUT2D eigenvalue weighted by atomic mass is 9.93. The zero-order valence-corrected chi connectivity index (χ0v) is 19.0. The summed E-state index contributed by atoms with van der Waals surface area (Å²) in [7, 11) is 11.1. The lowest BCUT2D eigenvalue weighted by molar-refractivity contribution is 0.199. The van der Waals surface area contributed by atoms with Crippen molar-refractivity contribution in [1.29, 1.82) is 0 Å². The second-order valence-corrected chi connectivity index (χ2v) is 8.04. The number of nitrogens with one attached hydrogen (secondary N) is 1. The number of hydrogen-bond acceptors (Lipinski definition) is 6. The molecule has 1 unspecified atom stereocenters. The molecule has 1 N–H and O–H groups in total. The highest BCUT2D eigenvalue weighted by atomic mass is 32.1. The summed E-state index contributed by atoms with van der Waals surface area (Å²) >= 11 is 4.81. The fourth-order valence-electron chi connectivity index (χ4n) is 2.76. The Morgan fingerprint density at radius 3 is 2.87 bits per heavy atom.